The summed E-state index contributed by atoms with van der Waals surface area (Å²) >= 11 is 2.47. The number of rotatable bonds is 9. The van der Waals surface area contributed by atoms with Gasteiger partial charge in [-0.05, 0) is 50.0 Å². The molecule has 0 saturated heterocycles. The number of nitrogens with zero attached hydrogens (tertiary/aromatic N) is 5. The van der Waals surface area contributed by atoms with Gasteiger partial charge in [-0.3, -0.25) is 4.79 Å². The zero-order chi connectivity index (χ0) is 19.1. The number of hydrogen-bond donors (Lipinski definition) is 1. The Morgan fingerprint density at radius 2 is 2.19 bits per heavy atom. The quantitative estimate of drug-likeness (QED) is 0.501. The van der Waals surface area contributed by atoms with E-state index in [0.29, 0.717) is 28.2 Å². The van der Waals surface area contributed by atoms with Gasteiger partial charge in [0.2, 0.25) is 11.1 Å². The number of carbonyl (C=O) groups is 2. The maximum absolute atomic E-state index is 12.2. The van der Waals surface area contributed by atoms with Crippen molar-refractivity contribution in [2.75, 3.05) is 38.3 Å². The van der Waals surface area contributed by atoms with Crippen molar-refractivity contribution in [2.24, 2.45) is 0 Å². The molecular weight excluding hydrogens is 376 g/mol. The van der Waals surface area contributed by atoms with Crippen molar-refractivity contribution in [1.29, 1.82) is 0 Å². The Kier molecular flexibility index (Phi) is 7.54. The number of thiophene rings is 1. The van der Waals surface area contributed by atoms with Crippen molar-refractivity contribution >= 4 is 40.0 Å². The van der Waals surface area contributed by atoms with Crippen LogP contribution in [0.25, 0.3) is 0 Å². The van der Waals surface area contributed by atoms with Crippen molar-refractivity contribution in [2.45, 2.75) is 25.5 Å². The smallest absolute Gasteiger partial charge is 0.348 e. The summed E-state index contributed by atoms with van der Waals surface area (Å²) in [6, 6.07) is 1.76. The molecule has 0 radical (unpaired) electrons. The molecule has 0 aliphatic carbocycles. The molecule has 142 valence electrons. The van der Waals surface area contributed by atoms with Gasteiger partial charge in [0.05, 0.1) is 23.9 Å². The fraction of sp³-hybridized carbons (Fsp3) is 0.533. The minimum atomic E-state index is -0.370. The molecule has 2 rings (SSSR count). The Labute approximate surface area is 160 Å². The zero-order valence-electron chi connectivity index (χ0n) is 15.2. The van der Waals surface area contributed by atoms with E-state index in [1.165, 1.54) is 23.1 Å². The number of amides is 1. The molecule has 2 heterocycles. The summed E-state index contributed by atoms with van der Waals surface area (Å²) in [6.45, 7) is 5.34. The fourth-order valence-electron chi connectivity index (χ4n) is 1.98. The average molecular weight is 399 g/mol. The largest absolute Gasteiger partial charge is 0.462 e. The van der Waals surface area contributed by atoms with Gasteiger partial charge >= 0.3 is 5.97 Å². The topological polar surface area (TPSA) is 102 Å². The van der Waals surface area contributed by atoms with Crippen LogP contribution in [0.2, 0.25) is 0 Å². The monoisotopic (exact) mass is 398 g/mol. The summed E-state index contributed by atoms with van der Waals surface area (Å²) in [5.74, 6) is -0.382. The third-order valence-electron chi connectivity index (χ3n) is 3.23. The Morgan fingerprint density at radius 3 is 2.88 bits per heavy atom. The van der Waals surface area contributed by atoms with E-state index in [-0.39, 0.29) is 17.6 Å². The average Bonchev–Trinajstić information content (AvgIpc) is 3.17. The highest BCUT2D eigenvalue weighted by molar-refractivity contribution is 7.99. The maximum Gasteiger partial charge on any atom is 0.348 e. The summed E-state index contributed by atoms with van der Waals surface area (Å²) in [5, 5.41) is 15.5. The number of carbonyl (C=O) groups excluding carboxylic acids is 2. The molecule has 1 amide bonds. The summed E-state index contributed by atoms with van der Waals surface area (Å²) in [6.07, 6.45) is 0. The molecule has 0 aromatic carbocycles. The number of tetrazole rings is 1. The molecule has 0 spiro atoms. The van der Waals surface area contributed by atoms with Crippen LogP contribution in [-0.4, -0.2) is 70.0 Å². The zero-order valence-corrected chi connectivity index (χ0v) is 16.8. The Morgan fingerprint density at radius 1 is 1.42 bits per heavy atom. The van der Waals surface area contributed by atoms with Gasteiger partial charge < -0.3 is 15.0 Å². The van der Waals surface area contributed by atoms with E-state index in [1.54, 1.807) is 17.7 Å². The number of anilines is 1. The number of esters is 1. The predicted molar refractivity (Wildman–Crippen MR) is 101 cm³/mol. The second kappa shape index (κ2) is 9.64. The molecule has 0 aliphatic heterocycles. The molecule has 0 unspecified atom stereocenters. The van der Waals surface area contributed by atoms with Crippen LogP contribution in [0.4, 0.5) is 5.00 Å². The van der Waals surface area contributed by atoms with Crippen LogP contribution in [0.3, 0.4) is 0 Å². The van der Waals surface area contributed by atoms with Gasteiger partial charge in [0, 0.05) is 6.54 Å². The van der Waals surface area contributed by atoms with Crippen LogP contribution in [0.15, 0.2) is 11.2 Å². The Hall–Kier alpha value is -1.98. The predicted octanol–water partition coefficient (Wildman–Crippen LogP) is 1.51. The summed E-state index contributed by atoms with van der Waals surface area (Å²) < 4.78 is 6.68. The van der Waals surface area contributed by atoms with Crippen LogP contribution in [0.1, 0.15) is 22.2 Å². The highest BCUT2D eigenvalue weighted by Crippen LogP contribution is 2.27. The lowest BCUT2D eigenvalue weighted by Gasteiger charge is -2.09. The van der Waals surface area contributed by atoms with Crippen molar-refractivity contribution in [3.63, 3.8) is 0 Å². The molecule has 0 atom stereocenters. The lowest BCUT2D eigenvalue weighted by atomic mass is 10.3. The van der Waals surface area contributed by atoms with E-state index >= 15 is 0 Å². The van der Waals surface area contributed by atoms with Crippen LogP contribution in [0.5, 0.6) is 0 Å². The highest BCUT2D eigenvalue weighted by Gasteiger charge is 2.16. The second-order valence-corrected chi connectivity index (χ2v) is 7.66. The standard InChI is InChI=1S/C15H22N6O3S2/c1-5-24-14(23)13-10(2)8-12(26-13)16-11(22)9-25-15-17-18-19-21(15)7-6-20(3)4/h8H,5-7,9H2,1-4H3,(H,16,22). The first-order chi connectivity index (χ1) is 12.4. The number of thioether (sulfide) groups is 1. The van der Waals surface area contributed by atoms with Gasteiger partial charge in [0.15, 0.2) is 0 Å². The number of hydrogen-bond acceptors (Lipinski definition) is 9. The molecule has 0 aliphatic rings. The third-order valence-corrected chi connectivity index (χ3v) is 5.32. The van der Waals surface area contributed by atoms with E-state index in [0.717, 1.165) is 12.1 Å². The third kappa shape index (κ3) is 5.78. The summed E-state index contributed by atoms with van der Waals surface area (Å²) in [4.78, 5) is 26.5. The SMILES string of the molecule is CCOC(=O)c1sc(NC(=O)CSc2nnnn2CCN(C)C)cc1C. The van der Waals surface area contributed by atoms with E-state index in [2.05, 4.69) is 20.8 Å². The van der Waals surface area contributed by atoms with Crippen LogP contribution >= 0.6 is 23.1 Å². The van der Waals surface area contributed by atoms with Gasteiger partial charge in [-0.15, -0.1) is 16.4 Å². The highest BCUT2D eigenvalue weighted by atomic mass is 32.2. The van der Waals surface area contributed by atoms with Gasteiger partial charge in [-0.25, -0.2) is 9.48 Å². The van der Waals surface area contributed by atoms with Gasteiger partial charge in [0.1, 0.15) is 4.88 Å². The first kappa shape index (κ1) is 20.3. The lowest BCUT2D eigenvalue weighted by Crippen LogP contribution is -2.20. The second-order valence-electron chi connectivity index (χ2n) is 5.67. The molecule has 0 bridgehead atoms. The molecule has 26 heavy (non-hydrogen) atoms. The number of nitrogens with one attached hydrogen (secondary N) is 1. The van der Waals surface area contributed by atoms with E-state index < -0.39 is 0 Å². The number of ether oxygens (including phenoxy) is 1. The molecular formula is C15H22N6O3S2. The number of aromatic nitrogens is 4. The van der Waals surface area contributed by atoms with Crippen LogP contribution in [-0.2, 0) is 16.1 Å². The Bertz CT molecular complexity index is 758. The van der Waals surface area contributed by atoms with E-state index in [9.17, 15) is 9.59 Å². The first-order valence-corrected chi connectivity index (χ1v) is 9.82. The van der Waals surface area contributed by atoms with E-state index in [4.69, 9.17) is 4.74 Å². The molecule has 2 aromatic rings. The maximum atomic E-state index is 12.2. The molecule has 0 saturated carbocycles. The lowest BCUT2D eigenvalue weighted by molar-refractivity contribution is -0.113. The van der Waals surface area contributed by atoms with Crippen molar-refractivity contribution in [3.05, 3.63) is 16.5 Å². The van der Waals surface area contributed by atoms with Crippen molar-refractivity contribution in [1.82, 2.24) is 25.1 Å². The number of likely N-dealkylation sites (N-methyl/N-ethyl adjacent to an activating group) is 1. The summed E-state index contributed by atoms with van der Waals surface area (Å²) in [5.41, 5.74) is 0.782. The molecule has 1 N–H and O–H groups in total. The van der Waals surface area contributed by atoms with Gasteiger partial charge in [-0.2, -0.15) is 0 Å². The van der Waals surface area contributed by atoms with E-state index in [1.807, 2.05) is 25.9 Å². The molecule has 11 heteroatoms. The first-order valence-electron chi connectivity index (χ1n) is 8.01. The van der Waals surface area contributed by atoms with Gasteiger partial charge in [-0.1, -0.05) is 11.8 Å². The van der Waals surface area contributed by atoms with Crippen molar-refractivity contribution in [3.8, 4) is 0 Å². The molecule has 0 fully saturated rings. The molecule has 2 aromatic heterocycles. The number of aryl methyl sites for hydroxylation is 1. The normalized spacial score (nSPS) is 11.0. The fourth-order valence-corrected chi connectivity index (χ4v) is 3.67. The molecule has 9 nitrogen and oxygen atoms in total. The van der Waals surface area contributed by atoms with Crippen LogP contribution < -0.4 is 5.32 Å². The van der Waals surface area contributed by atoms with Crippen molar-refractivity contribution < 1.29 is 14.3 Å². The minimum absolute atomic E-state index is 0.175. The summed E-state index contributed by atoms with van der Waals surface area (Å²) in [7, 11) is 3.94. The van der Waals surface area contributed by atoms with Crippen LogP contribution in [0, 0.1) is 6.92 Å². The van der Waals surface area contributed by atoms with Gasteiger partial charge in [0.25, 0.3) is 0 Å². The minimum Gasteiger partial charge on any atom is -0.462 e. The Balaban J connectivity index is 1.89.